The van der Waals surface area contributed by atoms with E-state index in [-0.39, 0.29) is 12.5 Å². The number of carbonyl (C=O) groups is 2. The van der Waals surface area contributed by atoms with Crippen LogP contribution >= 0.6 is 11.3 Å². The fourth-order valence-corrected chi connectivity index (χ4v) is 2.86. The molecule has 0 spiro atoms. The molecule has 2 aromatic heterocycles. The number of thiazole rings is 1. The largest absolute Gasteiger partial charge is 0.457 e. The molecule has 0 atom stereocenters. The van der Waals surface area contributed by atoms with Crippen molar-refractivity contribution in [1.29, 1.82) is 0 Å². The lowest BCUT2D eigenvalue weighted by atomic mass is 10.2. The van der Waals surface area contributed by atoms with Gasteiger partial charge in [-0.05, 0) is 25.1 Å². The fraction of sp³-hybridized carbons (Fsp3) is 0.125. The summed E-state index contributed by atoms with van der Waals surface area (Å²) in [4.78, 5) is 32.7. The van der Waals surface area contributed by atoms with Gasteiger partial charge in [-0.3, -0.25) is 10.1 Å². The first kappa shape index (κ1) is 15.9. The third-order valence-corrected chi connectivity index (χ3v) is 4.18. The molecule has 1 amide bonds. The molecule has 0 aliphatic carbocycles. The third-order valence-electron chi connectivity index (χ3n) is 3.13. The maximum Gasteiger partial charge on any atom is 0.350 e. The Labute approximate surface area is 141 Å². The van der Waals surface area contributed by atoms with Crippen molar-refractivity contribution in [3.63, 3.8) is 0 Å². The number of nitrogens with zero attached hydrogens (tertiary/aromatic N) is 2. The molecule has 1 aromatic carbocycles. The topological polar surface area (TPSA) is 94.3 Å². The average molecular weight is 343 g/mol. The molecule has 0 saturated carbocycles. The molecule has 0 aliphatic rings. The highest BCUT2D eigenvalue weighted by atomic mass is 32.1. The van der Waals surface area contributed by atoms with Gasteiger partial charge in [-0.2, -0.15) is 0 Å². The van der Waals surface area contributed by atoms with Gasteiger partial charge in [-0.1, -0.05) is 24.0 Å². The highest BCUT2D eigenvalue weighted by molar-refractivity contribution is 7.17. The van der Waals surface area contributed by atoms with Gasteiger partial charge < -0.3 is 9.15 Å². The molecular weight excluding hydrogens is 330 g/mol. The minimum atomic E-state index is -0.491. The summed E-state index contributed by atoms with van der Waals surface area (Å²) in [6, 6.07) is 4.92. The Hall–Kier alpha value is -3.00. The Kier molecular flexibility index (Phi) is 4.39. The first-order valence-electron chi connectivity index (χ1n) is 6.98. The van der Waals surface area contributed by atoms with Crippen molar-refractivity contribution in [2.24, 2.45) is 0 Å². The summed E-state index contributed by atoms with van der Waals surface area (Å²) in [5.41, 5.74) is 2.10. The molecule has 0 aliphatic heterocycles. The van der Waals surface area contributed by atoms with E-state index in [4.69, 9.17) is 9.15 Å². The van der Waals surface area contributed by atoms with Gasteiger partial charge in [0.1, 0.15) is 17.0 Å². The Bertz CT molecular complexity index is 928. The maximum atomic E-state index is 12.3. The minimum Gasteiger partial charge on any atom is -0.457 e. The van der Waals surface area contributed by atoms with Crippen LogP contribution in [0.1, 0.15) is 25.7 Å². The van der Waals surface area contributed by atoms with Crippen molar-refractivity contribution < 1.29 is 18.7 Å². The second kappa shape index (κ2) is 6.63. The predicted octanol–water partition coefficient (Wildman–Crippen LogP) is 3.19. The predicted molar refractivity (Wildman–Crippen MR) is 89.3 cm³/mol. The number of hydrogen-bond acceptors (Lipinski definition) is 7. The molecule has 7 nitrogen and oxygen atoms in total. The monoisotopic (exact) mass is 343 g/mol. The number of carbonyl (C=O) groups excluding carboxylic acids is 2. The van der Waals surface area contributed by atoms with Crippen molar-refractivity contribution in [3.05, 3.63) is 53.4 Å². The highest BCUT2D eigenvalue weighted by Crippen LogP contribution is 2.24. The molecule has 122 valence electrons. The van der Waals surface area contributed by atoms with Crippen LogP contribution in [0.15, 0.2) is 41.7 Å². The van der Waals surface area contributed by atoms with Gasteiger partial charge in [0.2, 0.25) is 0 Å². The van der Waals surface area contributed by atoms with Gasteiger partial charge in [0, 0.05) is 5.56 Å². The van der Waals surface area contributed by atoms with Crippen molar-refractivity contribution in [2.45, 2.75) is 6.92 Å². The first-order valence-corrected chi connectivity index (χ1v) is 7.80. The lowest BCUT2D eigenvalue weighted by Crippen LogP contribution is -2.11. The quantitative estimate of drug-likeness (QED) is 0.565. The van der Waals surface area contributed by atoms with E-state index in [0.717, 1.165) is 11.3 Å². The van der Waals surface area contributed by atoms with Crippen molar-refractivity contribution in [3.8, 4) is 0 Å². The molecule has 0 radical (unpaired) electrons. The van der Waals surface area contributed by atoms with E-state index in [0.29, 0.717) is 32.4 Å². The Morgan fingerprint density at radius 1 is 1.46 bits per heavy atom. The lowest BCUT2D eigenvalue weighted by molar-refractivity contribution is 0.0554. The SMILES string of the molecule is C=CCOC(=O)c1sc(NC(=O)c2ccc3ocnc3c2)nc1C. The number of oxazole rings is 1. The van der Waals surface area contributed by atoms with Gasteiger partial charge >= 0.3 is 5.97 Å². The number of aromatic nitrogens is 2. The second-order valence-corrected chi connectivity index (χ2v) is 5.81. The van der Waals surface area contributed by atoms with Gasteiger partial charge in [0.15, 0.2) is 17.1 Å². The average Bonchev–Trinajstić information content (AvgIpc) is 3.18. The summed E-state index contributed by atoms with van der Waals surface area (Å²) in [5.74, 6) is -0.839. The van der Waals surface area contributed by atoms with Gasteiger partial charge in [0.25, 0.3) is 5.91 Å². The number of benzene rings is 1. The summed E-state index contributed by atoms with van der Waals surface area (Å²) in [5, 5.41) is 2.99. The minimum absolute atomic E-state index is 0.121. The molecule has 0 unspecified atom stereocenters. The van der Waals surface area contributed by atoms with Crippen molar-refractivity contribution in [2.75, 3.05) is 11.9 Å². The fourth-order valence-electron chi connectivity index (χ4n) is 2.01. The lowest BCUT2D eigenvalue weighted by Gasteiger charge is -2.01. The molecule has 24 heavy (non-hydrogen) atoms. The van der Waals surface area contributed by atoms with Crippen LogP contribution in [0.4, 0.5) is 5.13 Å². The molecule has 0 fully saturated rings. The molecule has 8 heteroatoms. The Morgan fingerprint density at radius 2 is 2.29 bits per heavy atom. The van der Waals surface area contributed by atoms with Crippen LogP contribution < -0.4 is 5.32 Å². The summed E-state index contributed by atoms with van der Waals surface area (Å²) in [6.45, 7) is 5.29. The molecule has 2 heterocycles. The van der Waals surface area contributed by atoms with E-state index in [9.17, 15) is 9.59 Å². The molecule has 0 saturated heterocycles. The number of anilines is 1. The van der Waals surface area contributed by atoms with Crippen LogP contribution in [0.25, 0.3) is 11.1 Å². The van der Waals surface area contributed by atoms with E-state index in [1.54, 1.807) is 25.1 Å². The zero-order valence-electron chi connectivity index (χ0n) is 12.7. The first-order chi connectivity index (χ1) is 11.6. The Balaban J connectivity index is 1.76. The van der Waals surface area contributed by atoms with Crippen LogP contribution in [0.3, 0.4) is 0 Å². The standard InChI is InChI=1S/C16H13N3O4S/c1-3-6-22-15(21)13-9(2)18-16(24-13)19-14(20)10-4-5-12-11(7-10)17-8-23-12/h3-5,7-8H,1,6H2,2H3,(H,18,19,20). The summed E-state index contributed by atoms with van der Waals surface area (Å²) >= 11 is 1.06. The molecule has 1 N–H and O–H groups in total. The molecule has 0 bridgehead atoms. The zero-order chi connectivity index (χ0) is 17.1. The highest BCUT2D eigenvalue weighted by Gasteiger charge is 2.18. The van der Waals surface area contributed by atoms with Gasteiger partial charge in [-0.15, -0.1) is 0 Å². The Morgan fingerprint density at radius 3 is 3.08 bits per heavy atom. The van der Waals surface area contributed by atoms with E-state index in [2.05, 4.69) is 21.9 Å². The van der Waals surface area contributed by atoms with Gasteiger partial charge in [-0.25, -0.2) is 14.8 Å². The number of aryl methyl sites for hydroxylation is 1. The zero-order valence-corrected chi connectivity index (χ0v) is 13.6. The summed E-state index contributed by atoms with van der Waals surface area (Å²) in [6.07, 6.45) is 2.80. The van der Waals surface area contributed by atoms with E-state index >= 15 is 0 Å². The van der Waals surface area contributed by atoms with Crippen molar-refractivity contribution >= 4 is 39.4 Å². The molecular formula is C16H13N3O4S. The van der Waals surface area contributed by atoms with Crippen LogP contribution in [-0.4, -0.2) is 28.5 Å². The summed E-state index contributed by atoms with van der Waals surface area (Å²) in [7, 11) is 0. The van der Waals surface area contributed by atoms with Crippen LogP contribution in [0.2, 0.25) is 0 Å². The smallest absolute Gasteiger partial charge is 0.350 e. The number of fused-ring (bicyclic) bond motifs is 1. The van der Waals surface area contributed by atoms with Gasteiger partial charge in [0.05, 0.1) is 5.69 Å². The van der Waals surface area contributed by atoms with E-state index < -0.39 is 5.97 Å². The van der Waals surface area contributed by atoms with Crippen LogP contribution in [0.5, 0.6) is 0 Å². The number of esters is 1. The number of nitrogens with one attached hydrogen (secondary N) is 1. The number of hydrogen-bond donors (Lipinski definition) is 1. The number of rotatable bonds is 5. The second-order valence-electron chi connectivity index (χ2n) is 4.81. The molecule has 3 rings (SSSR count). The maximum absolute atomic E-state index is 12.3. The van der Waals surface area contributed by atoms with E-state index in [1.807, 2.05) is 0 Å². The number of amides is 1. The normalized spacial score (nSPS) is 10.5. The third kappa shape index (κ3) is 3.18. The molecule has 3 aromatic rings. The van der Waals surface area contributed by atoms with E-state index in [1.165, 1.54) is 12.5 Å². The summed E-state index contributed by atoms with van der Waals surface area (Å²) < 4.78 is 10.1. The van der Waals surface area contributed by atoms with Crippen molar-refractivity contribution in [1.82, 2.24) is 9.97 Å². The number of ether oxygens (including phenoxy) is 1. The van der Waals surface area contributed by atoms with Crippen LogP contribution in [0, 0.1) is 6.92 Å². The van der Waals surface area contributed by atoms with Crippen LogP contribution in [-0.2, 0) is 4.74 Å².